The lowest BCUT2D eigenvalue weighted by atomic mass is 10.1. The maximum absolute atomic E-state index is 4.49. The molecule has 0 radical (unpaired) electrons. The lowest BCUT2D eigenvalue weighted by Crippen LogP contribution is -2.32. The summed E-state index contributed by atoms with van der Waals surface area (Å²) in [6.07, 6.45) is 6.71. The molecule has 1 aromatic rings. The van der Waals surface area contributed by atoms with Crippen LogP contribution in [0.1, 0.15) is 37.9 Å². The van der Waals surface area contributed by atoms with Gasteiger partial charge in [0, 0.05) is 6.54 Å². The van der Waals surface area contributed by atoms with E-state index in [9.17, 15) is 0 Å². The molecule has 84 valence electrons. The number of rotatable bonds is 3. The molecule has 1 atom stereocenters. The molecule has 1 unspecified atom stereocenters. The van der Waals surface area contributed by atoms with E-state index in [-0.39, 0.29) is 0 Å². The maximum Gasteiger partial charge on any atom is 0.0647 e. The Labute approximate surface area is 99.4 Å². The van der Waals surface area contributed by atoms with E-state index in [0.29, 0.717) is 6.04 Å². The van der Waals surface area contributed by atoms with E-state index in [4.69, 9.17) is 0 Å². The number of nitrogens with one attached hydrogen (secondary N) is 1. The molecule has 3 nitrogen and oxygen atoms in total. The molecule has 1 aliphatic heterocycles. The molecule has 2 heterocycles. The molecular formula is C11H18BrN3. The van der Waals surface area contributed by atoms with E-state index in [0.717, 1.165) is 24.0 Å². The fourth-order valence-electron chi connectivity index (χ4n) is 2.19. The van der Waals surface area contributed by atoms with Crippen molar-refractivity contribution in [3.63, 3.8) is 0 Å². The smallest absolute Gasteiger partial charge is 0.0647 e. The van der Waals surface area contributed by atoms with E-state index in [1.165, 1.54) is 25.0 Å². The zero-order valence-electron chi connectivity index (χ0n) is 9.17. The molecule has 15 heavy (non-hydrogen) atoms. The Balaban J connectivity index is 2.18. The Hall–Kier alpha value is -0.350. The van der Waals surface area contributed by atoms with Gasteiger partial charge >= 0.3 is 0 Å². The lowest BCUT2D eigenvalue weighted by Gasteiger charge is -2.25. The van der Waals surface area contributed by atoms with Gasteiger partial charge in [-0.1, -0.05) is 13.3 Å². The number of hydrogen-bond donors (Lipinski definition) is 1. The largest absolute Gasteiger partial charge is 0.315 e. The van der Waals surface area contributed by atoms with E-state index in [2.05, 4.69) is 38.0 Å². The highest BCUT2D eigenvalue weighted by molar-refractivity contribution is 9.10. The van der Waals surface area contributed by atoms with E-state index >= 15 is 0 Å². The van der Waals surface area contributed by atoms with Crippen molar-refractivity contribution < 1.29 is 0 Å². The fourth-order valence-corrected chi connectivity index (χ4v) is 2.67. The third-order valence-corrected chi connectivity index (χ3v) is 3.61. The van der Waals surface area contributed by atoms with Crippen molar-refractivity contribution in [1.82, 2.24) is 15.1 Å². The molecule has 2 rings (SSSR count). The van der Waals surface area contributed by atoms with Crippen LogP contribution in [0.4, 0.5) is 0 Å². The second-order valence-electron chi connectivity index (χ2n) is 4.13. The van der Waals surface area contributed by atoms with Gasteiger partial charge in [0.05, 0.1) is 22.4 Å². The van der Waals surface area contributed by atoms with E-state index in [1.54, 1.807) is 0 Å². The minimum absolute atomic E-state index is 0.548. The van der Waals surface area contributed by atoms with Gasteiger partial charge < -0.3 is 5.32 Å². The van der Waals surface area contributed by atoms with Crippen LogP contribution in [0.15, 0.2) is 10.7 Å². The number of aromatic nitrogens is 2. The highest BCUT2D eigenvalue weighted by atomic mass is 79.9. The second kappa shape index (κ2) is 5.12. The molecule has 4 heteroatoms. The molecule has 1 fully saturated rings. The number of hydrogen-bond acceptors (Lipinski definition) is 2. The van der Waals surface area contributed by atoms with Crippen molar-refractivity contribution in [2.75, 3.05) is 13.1 Å². The molecule has 1 aromatic heterocycles. The van der Waals surface area contributed by atoms with Gasteiger partial charge in [0.15, 0.2) is 0 Å². The van der Waals surface area contributed by atoms with Crippen LogP contribution >= 0.6 is 15.9 Å². The highest BCUT2D eigenvalue weighted by Gasteiger charge is 2.19. The van der Waals surface area contributed by atoms with Crippen molar-refractivity contribution in [2.45, 2.75) is 38.6 Å². The van der Waals surface area contributed by atoms with E-state index in [1.807, 2.05) is 6.20 Å². The van der Waals surface area contributed by atoms with Gasteiger partial charge in [-0.15, -0.1) is 0 Å². The molecule has 0 saturated carbocycles. The summed E-state index contributed by atoms with van der Waals surface area (Å²) in [7, 11) is 0. The summed E-state index contributed by atoms with van der Waals surface area (Å²) in [5.74, 6) is 0. The van der Waals surface area contributed by atoms with Crippen molar-refractivity contribution >= 4 is 15.9 Å². The number of piperidine rings is 1. The van der Waals surface area contributed by atoms with Crippen molar-refractivity contribution in [3.05, 3.63) is 16.4 Å². The number of nitrogens with zero attached hydrogens (tertiary/aromatic N) is 2. The van der Waals surface area contributed by atoms with Crippen molar-refractivity contribution in [2.24, 2.45) is 0 Å². The fraction of sp³-hybridized carbons (Fsp3) is 0.727. The Kier molecular flexibility index (Phi) is 3.81. The summed E-state index contributed by atoms with van der Waals surface area (Å²) >= 11 is 3.58. The average molecular weight is 272 g/mol. The summed E-state index contributed by atoms with van der Waals surface area (Å²) in [4.78, 5) is 0. The molecule has 0 amide bonds. The first-order chi connectivity index (χ1) is 7.33. The lowest BCUT2D eigenvalue weighted by molar-refractivity contribution is 0.338. The van der Waals surface area contributed by atoms with Crippen LogP contribution in [0, 0.1) is 0 Å². The van der Waals surface area contributed by atoms with Gasteiger partial charge in [-0.3, -0.25) is 4.68 Å². The quantitative estimate of drug-likeness (QED) is 0.916. The number of halogens is 1. The molecule has 1 N–H and O–H groups in total. The minimum atomic E-state index is 0.548. The summed E-state index contributed by atoms with van der Waals surface area (Å²) in [5.41, 5.74) is 1.35. The van der Waals surface area contributed by atoms with Gasteiger partial charge in [0.2, 0.25) is 0 Å². The van der Waals surface area contributed by atoms with Crippen LogP contribution in [-0.2, 0) is 6.42 Å². The molecule has 0 aliphatic carbocycles. The molecule has 0 spiro atoms. The predicted molar refractivity (Wildman–Crippen MR) is 65.1 cm³/mol. The molecule has 0 aromatic carbocycles. The van der Waals surface area contributed by atoms with Crippen LogP contribution in [0.3, 0.4) is 0 Å². The molecule has 0 bridgehead atoms. The van der Waals surface area contributed by atoms with Crippen molar-refractivity contribution in [3.8, 4) is 0 Å². The first-order valence-corrected chi connectivity index (χ1v) is 6.54. The Morgan fingerprint density at radius 1 is 1.67 bits per heavy atom. The van der Waals surface area contributed by atoms with Gasteiger partial charge in [-0.25, -0.2) is 0 Å². The van der Waals surface area contributed by atoms with Crippen LogP contribution in [0.2, 0.25) is 0 Å². The molecule has 1 saturated heterocycles. The summed E-state index contributed by atoms with van der Waals surface area (Å²) < 4.78 is 3.37. The van der Waals surface area contributed by atoms with Crippen LogP contribution < -0.4 is 5.32 Å². The Morgan fingerprint density at radius 2 is 2.53 bits per heavy atom. The predicted octanol–water partition coefficient (Wildman–Crippen LogP) is 2.52. The molecular weight excluding hydrogens is 254 g/mol. The first-order valence-electron chi connectivity index (χ1n) is 5.75. The van der Waals surface area contributed by atoms with Crippen LogP contribution in [0.5, 0.6) is 0 Å². The maximum atomic E-state index is 4.49. The second-order valence-corrected chi connectivity index (χ2v) is 4.99. The summed E-state index contributed by atoms with van der Waals surface area (Å²) in [5, 5.41) is 7.92. The first kappa shape index (κ1) is 11.1. The third-order valence-electron chi connectivity index (χ3n) is 2.95. The molecule has 1 aliphatic rings. The minimum Gasteiger partial charge on any atom is -0.315 e. The SMILES string of the molecule is CCCc1c(Br)cnn1C1CCCNC1. The zero-order chi connectivity index (χ0) is 10.7. The van der Waals surface area contributed by atoms with E-state index < -0.39 is 0 Å². The zero-order valence-corrected chi connectivity index (χ0v) is 10.8. The van der Waals surface area contributed by atoms with Gasteiger partial charge in [0.25, 0.3) is 0 Å². The highest BCUT2D eigenvalue weighted by Crippen LogP contribution is 2.24. The van der Waals surface area contributed by atoms with Gasteiger partial charge in [-0.05, 0) is 41.7 Å². The average Bonchev–Trinajstić information content (AvgIpc) is 2.63. The normalized spacial score (nSPS) is 21.9. The summed E-state index contributed by atoms with van der Waals surface area (Å²) in [6, 6.07) is 0.548. The van der Waals surface area contributed by atoms with Crippen LogP contribution in [-0.4, -0.2) is 22.9 Å². The monoisotopic (exact) mass is 271 g/mol. The van der Waals surface area contributed by atoms with Gasteiger partial charge in [0.1, 0.15) is 0 Å². The van der Waals surface area contributed by atoms with Gasteiger partial charge in [-0.2, -0.15) is 5.10 Å². The van der Waals surface area contributed by atoms with Crippen LogP contribution in [0.25, 0.3) is 0 Å². The standard InChI is InChI=1S/C11H18BrN3/c1-2-4-11-10(12)8-14-15(11)9-5-3-6-13-7-9/h8-9,13H,2-7H2,1H3. The topological polar surface area (TPSA) is 29.9 Å². The Bertz CT molecular complexity index is 316. The Morgan fingerprint density at radius 3 is 3.20 bits per heavy atom. The van der Waals surface area contributed by atoms with Crippen molar-refractivity contribution in [1.29, 1.82) is 0 Å². The summed E-state index contributed by atoms with van der Waals surface area (Å²) in [6.45, 7) is 4.43. The third kappa shape index (κ3) is 2.42.